The van der Waals surface area contributed by atoms with Gasteiger partial charge in [-0.3, -0.25) is 0 Å². The van der Waals surface area contributed by atoms with Crippen molar-refractivity contribution in [2.24, 2.45) is 0 Å². The molecule has 0 amide bonds. The molecule has 0 saturated heterocycles. The normalized spacial score (nSPS) is 10.0. The van der Waals surface area contributed by atoms with Crippen molar-refractivity contribution in [1.82, 2.24) is 0 Å². The SMILES string of the molecule is CCCCO.CCCCO.CCCCO.CCCCO[Si](O)(OCCCC)OCCCC.[Ti]. The predicted octanol–water partition coefficient (Wildman–Crippen LogP) is 5.20. The quantitative estimate of drug-likeness (QED) is 0.141. The van der Waals surface area contributed by atoms with Gasteiger partial charge in [-0.05, 0) is 38.5 Å². The molecule has 0 rings (SSSR count). The second kappa shape index (κ2) is 42.8. The van der Waals surface area contributed by atoms with Crippen LogP contribution in [0.4, 0.5) is 0 Å². The van der Waals surface area contributed by atoms with Crippen LogP contribution in [0.5, 0.6) is 0 Å². The Labute approximate surface area is 222 Å². The van der Waals surface area contributed by atoms with Crippen molar-refractivity contribution in [1.29, 1.82) is 0 Å². The molecule has 204 valence electrons. The summed E-state index contributed by atoms with van der Waals surface area (Å²) >= 11 is 0. The van der Waals surface area contributed by atoms with E-state index >= 15 is 0 Å². The third-order valence-electron chi connectivity index (χ3n) is 3.88. The molecular formula is C24H58O7SiTi. The maximum absolute atomic E-state index is 10.2. The summed E-state index contributed by atoms with van der Waals surface area (Å²) in [6.45, 7) is 15.0. The smallest absolute Gasteiger partial charge is 0.396 e. The van der Waals surface area contributed by atoms with E-state index in [1.807, 2.05) is 0 Å². The summed E-state index contributed by atoms with van der Waals surface area (Å²) in [4.78, 5) is 10.2. The summed E-state index contributed by atoms with van der Waals surface area (Å²) in [5.74, 6) is 0. The molecule has 4 N–H and O–H groups in total. The predicted molar refractivity (Wildman–Crippen MR) is 137 cm³/mol. The van der Waals surface area contributed by atoms with Crippen molar-refractivity contribution < 1.29 is 55.1 Å². The van der Waals surface area contributed by atoms with E-state index in [0.29, 0.717) is 39.6 Å². The molecule has 0 aromatic carbocycles. The molecule has 0 spiro atoms. The van der Waals surface area contributed by atoms with Gasteiger partial charge in [0, 0.05) is 61.4 Å². The van der Waals surface area contributed by atoms with Gasteiger partial charge in [-0.2, -0.15) is 0 Å². The van der Waals surface area contributed by atoms with Crippen molar-refractivity contribution in [3.8, 4) is 0 Å². The maximum atomic E-state index is 10.2. The van der Waals surface area contributed by atoms with Crippen LogP contribution >= 0.6 is 0 Å². The van der Waals surface area contributed by atoms with E-state index in [-0.39, 0.29) is 21.7 Å². The average molecular weight is 535 g/mol. The molecule has 0 aliphatic carbocycles. The number of rotatable bonds is 18. The standard InChI is InChI=1S/C12H28O4Si.3C4H10O.Ti/c1-4-7-10-14-17(13,15-11-8-5-2)16-12-9-6-3;3*1-2-3-4-5;/h13H,4-12H2,1-3H3;3*5H,2-4H2,1H3;. The second-order valence-electron chi connectivity index (χ2n) is 7.36. The Morgan fingerprint density at radius 1 is 0.455 bits per heavy atom. The number of aliphatic hydroxyl groups excluding tert-OH is 3. The van der Waals surface area contributed by atoms with E-state index in [0.717, 1.165) is 77.0 Å². The van der Waals surface area contributed by atoms with Crippen molar-refractivity contribution in [2.75, 3.05) is 39.6 Å². The molecule has 0 radical (unpaired) electrons. The molecule has 0 fully saturated rings. The Kier molecular flexibility index (Phi) is 56.7. The Bertz CT molecular complexity index is 245. The van der Waals surface area contributed by atoms with Crippen LogP contribution < -0.4 is 0 Å². The zero-order chi connectivity index (χ0) is 25.3. The first-order valence-electron chi connectivity index (χ1n) is 12.9. The van der Waals surface area contributed by atoms with E-state index in [1.165, 1.54) is 0 Å². The summed E-state index contributed by atoms with van der Waals surface area (Å²) in [6, 6.07) is 0. The van der Waals surface area contributed by atoms with Crippen LogP contribution in [0.1, 0.15) is 119 Å². The molecular weight excluding hydrogens is 476 g/mol. The minimum absolute atomic E-state index is 0. The van der Waals surface area contributed by atoms with Gasteiger partial charge in [0.05, 0.1) is 0 Å². The van der Waals surface area contributed by atoms with Crippen molar-refractivity contribution >= 4 is 9.05 Å². The van der Waals surface area contributed by atoms with E-state index < -0.39 is 9.05 Å². The summed E-state index contributed by atoms with van der Waals surface area (Å²) in [5, 5.41) is 24.2. The number of hydrogen-bond donors (Lipinski definition) is 4. The van der Waals surface area contributed by atoms with Gasteiger partial charge in [0.15, 0.2) is 0 Å². The van der Waals surface area contributed by atoms with Crippen molar-refractivity contribution in [2.45, 2.75) is 119 Å². The number of hydrogen-bond acceptors (Lipinski definition) is 7. The van der Waals surface area contributed by atoms with Crippen molar-refractivity contribution in [3.05, 3.63) is 0 Å². The second-order valence-corrected chi connectivity index (χ2v) is 9.28. The Balaban J connectivity index is -0.000000133. The van der Waals surface area contributed by atoms with Crippen LogP contribution in [0.25, 0.3) is 0 Å². The van der Waals surface area contributed by atoms with Crippen LogP contribution in [0.15, 0.2) is 0 Å². The molecule has 0 saturated carbocycles. The first kappa shape index (κ1) is 43.7. The van der Waals surface area contributed by atoms with Crippen LogP contribution in [0.3, 0.4) is 0 Å². The van der Waals surface area contributed by atoms with Gasteiger partial charge in [0.25, 0.3) is 0 Å². The van der Waals surface area contributed by atoms with E-state index in [1.54, 1.807) is 0 Å². The number of unbranched alkanes of at least 4 members (excludes halogenated alkanes) is 6. The molecule has 0 atom stereocenters. The van der Waals surface area contributed by atoms with E-state index in [4.69, 9.17) is 28.6 Å². The third kappa shape index (κ3) is 50.5. The summed E-state index contributed by atoms with van der Waals surface area (Å²) in [7, 11) is -3.36. The minimum Gasteiger partial charge on any atom is -0.396 e. The fourth-order valence-electron chi connectivity index (χ4n) is 1.64. The number of aliphatic hydroxyl groups is 3. The molecule has 0 aromatic rings. The Hall–Kier alpha value is 0.651. The molecule has 0 unspecified atom stereocenters. The van der Waals surface area contributed by atoms with Crippen LogP contribution in [0, 0.1) is 0 Å². The van der Waals surface area contributed by atoms with Gasteiger partial charge in [-0.15, -0.1) is 0 Å². The average Bonchev–Trinajstić information content (AvgIpc) is 2.77. The first-order chi connectivity index (χ1) is 15.4. The van der Waals surface area contributed by atoms with Gasteiger partial charge in [-0.25, -0.2) is 0 Å². The minimum atomic E-state index is -3.36. The van der Waals surface area contributed by atoms with Gasteiger partial charge >= 0.3 is 9.05 Å². The van der Waals surface area contributed by atoms with Crippen molar-refractivity contribution in [3.63, 3.8) is 0 Å². The summed E-state index contributed by atoms with van der Waals surface area (Å²) in [6.07, 6.45) is 12.0. The fraction of sp³-hybridized carbons (Fsp3) is 1.00. The van der Waals surface area contributed by atoms with E-state index in [9.17, 15) is 4.80 Å². The molecule has 9 heteroatoms. The Morgan fingerprint density at radius 3 is 0.788 bits per heavy atom. The van der Waals surface area contributed by atoms with Gasteiger partial charge in [0.2, 0.25) is 0 Å². The fourth-order valence-corrected chi connectivity index (χ4v) is 3.09. The Morgan fingerprint density at radius 2 is 0.667 bits per heavy atom. The molecule has 7 nitrogen and oxygen atoms in total. The monoisotopic (exact) mass is 534 g/mol. The molecule has 0 aliphatic rings. The molecule has 0 bridgehead atoms. The third-order valence-corrected chi connectivity index (χ3v) is 5.59. The molecule has 0 aromatic heterocycles. The molecule has 33 heavy (non-hydrogen) atoms. The maximum Gasteiger partial charge on any atom is 0.676 e. The van der Waals surface area contributed by atoms with Gasteiger partial charge < -0.3 is 33.4 Å². The summed E-state index contributed by atoms with van der Waals surface area (Å²) in [5.41, 5.74) is 0. The van der Waals surface area contributed by atoms with Gasteiger partial charge in [-0.1, -0.05) is 80.1 Å². The first-order valence-corrected chi connectivity index (χ1v) is 14.6. The topological polar surface area (TPSA) is 109 Å². The van der Waals surface area contributed by atoms with Crippen LogP contribution in [-0.4, -0.2) is 68.8 Å². The zero-order valence-electron chi connectivity index (χ0n) is 22.7. The molecule has 0 aliphatic heterocycles. The largest absolute Gasteiger partial charge is 0.676 e. The summed E-state index contributed by atoms with van der Waals surface area (Å²) < 4.78 is 16.2. The van der Waals surface area contributed by atoms with Gasteiger partial charge in [0.1, 0.15) is 0 Å². The molecule has 0 heterocycles. The van der Waals surface area contributed by atoms with Crippen LogP contribution in [-0.2, 0) is 35.0 Å². The van der Waals surface area contributed by atoms with Crippen LogP contribution in [0.2, 0.25) is 0 Å². The zero-order valence-corrected chi connectivity index (χ0v) is 25.3. The van der Waals surface area contributed by atoms with E-state index in [2.05, 4.69) is 41.5 Å².